The monoisotopic (exact) mass is 318 g/mol. The quantitative estimate of drug-likeness (QED) is 0.463. The van der Waals surface area contributed by atoms with Crippen LogP contribution in [-0.2, 0) is 18.3 Å². The van der Waals surface area contributed by atoms with E-state index in [1.807, 2.05) is 0 Å². The Morgan fingerprint density at radius 3 is 1.52 bits per heavy atom. The molecule has 0 radical (unpaired) electrons. The number of aryl methyl sites for hydroxylation is 2. The maximum atomic E-state index is 10.7. The van der Waals surface area contributed by atoms with E-state index in [0.717, 1.165) is 12.8 Å². The van der Waals surface area contributed by atoms with Crippen molar-refractivity contribution >= 4 is 0 Å². The van der Waals surface area contributed by atoms with Gasteiger partial charge in [-0.05, 0) is 47.8 Å². The van der Waals surface area contributed by atoms with Gasteiger partial charge in [0.2, 0.25) is 0 Å². The van der Waals surface area contributed by atoms with E-state index in [0.29, 0.717) is 5.75 Å². The average molecular weight is 319 g/mol. The maximum absolute atomic E-state index is 10.7. The molecule has 0 heterocycles. The van der Waals surface area contributed by atoms with Crippen molar-refractivity contribution in [2.45, 2.75) is 104 Å². The molecule has 0 saturated carbocycles. The van der Waals surface area contributed by atoms with Crippen molar-refractivity contribution in [3.8, 4) is 5.75 Å². The molecule has 1 heteroatoms. The number of hydrogen-bond donors (Lipinski definition) is 1. The number of aromatic hydroxyl groups is 1. The van der Waals surface area contributed by atoms with Gasteiger partial charge in [0.15, 0.2) is 0 Å². The third-order valence-corrected chi connectivity index (χ3v) is 4.73. The predicted molar refractivity (Wildman–Crippen MR) is 102 cm³/mol. The van der Waals surface area contributed by atoms with Gasteiger partial charge in [-0.15, -0.1) is 0 Å². The van der Waals surface area contributed by atoms with Crippen molar-refractivity contribution in [3.63, 3.8) is 0 Å². The van der Waals surface area contributed by atoms with E-state index in [9.17, 15) is 5.11 Å². The number of phenols is 1. The Kier molecular flexibility index (Phi) is 8.73. The van der Waals surface area contributed by atoms with E-state index < -0.39 is 0 Å². The number of benzene rings is 1. The van der Waals surface area contributed by atoms with Crippen LogP contribution in [0, 0.1) is 0 Å². The smallest absolute Gasteiger partial charge is 0.121 e. The van der Waals surface area contributed by atoms with Gasteiger partial charge in [0.1, 0.15) is 5.75 Å². The largest absolute Gasteiger partial charge is 0.507 e. The second kappa shape index (κ2) is 10.0. The Morgan fingerprint density at radius 1 is 0.739 bits per heavy atom. The van der Waals surface area contributed by atoms with Gasteiger partial charge >= 0.3 is 0 Å². The fourth-order valence-electron chi connectivity index (χ4n) is 3.06. The van der Waals surface area contributed by atoms with Crippen LogP contribution < -0.4 is 0 Å². The average Bonchev–Trinajstić information content (AvgIpc) is 2.49. The van der Waals surface area contributed by atoms with Crippen LogP contribution in [0.1, 0.15) is 103 Å². The van der Waals surface area contributed by atoms with E-state index in [4.69, 9.17) is 0 Å². The molecule has 1 rings (SSSR count). The molecule has 0 unspecified atom stereocenters. The van der Waals surface area contributed by atoms with Gasteiger partial charge in [0.25, 0.3) is 0 Å². The Balaban J connectivity index is 2.89. The lowest BCUT2D eigenvalue weighted by atomic mass is 9.83. The minimum absolute atomic E-state index is 0.143. The van der Waals surface area contributed by atoms with Crippen LogP contribution in [0.4, 0.5) is 0 Å². The molecular weight excluding hydrogens is 280 g/mol. The lowest BCUT2D eigenvalue weighted by molar-refractivity contribution is 0.455. The van der Waals surface area contributed by atoms with Crippen molar-refractivity contribution in [2.24, 2.45) is 0 Å². The summed E-state index contributed by atoms with van der Waals surface area (Å²) in [7, 11) is 0. The minimum atomic E-state index is 0.143. The molecule has 1 nitrogen and oxygen atoms in total. The molecule has 0 spiro atoms. The molecule has 0 saturated heterocycles. The molecular formula is C22H38O. The lowest BCUT2D eigenvalue weighted by Crippen LogP contribution is -2.12. The molecule has 1 aromatic carbocycles. The summed E-state index contributed by atoms with van der Waals surface area (Å²) in [5.74, 6) is 0.575. The van der Waals surface area contributed by atoms with E-state index in [-0.39, 0.29) is 5.41 Å². The molecule has 0 aliphatic carbocycles. The summed E-state index contributed by atoms with van der Waals surface area (Å²) < 4.78 is 0. The highest BCUT2D eigenvalue weighted by molar-refractivity contribution is 5.46. The molecule has 1 N–H and O–H groups in total. The van der Waals surface area contributed by atoms with Crippen molar-refractivity contribution in [2.75, 3.05) is 0 Å². The van der Waals surface area contributed by atoms with Crippen LogP contribution in [0.25, 0.3) is 0 Å². The normalized spacial score (nSPS) is 11.9. The van der Waals surface area contributed by atoms with Crippen molar-refractivity contribution in [1.82, 2.24) is 0 Å². The highest BCUT2D eigenvalue weighted by Gasteiger charge is 2.18. The Labute approximate surface area is 144 Å². The minimum Gasteiger partial charge on any atom is -0.507 e. The first-order chi connectivity index (χ1) is 10.9. The fraction of sp³-hybridized carbons (Fsp3) is 0.727. The summed E-state index contributed by atoms with van der Waals surface area (Å²) in [6.07, 6.45) is 12.0. The molecule has 0 aliphatic rings. The van der Waals surface area contributed by atoms with Gasteiger partial charge in [-0.1, -0.05) is 85.3 Å². The molecule has 0 fully saturated rings. The molecule has 1 aromatic rings. The zero-order valence-corrected chi connectivity index (χ0v) is 16.2. The number of rotatable bonds is 10. The van der Waals surface area contributed by atoms with E-state index in [1.165, 1.54) is 68.1 Å². The third kappa shape index (κ3) is 6.97. The molecule has 0 atom stereocenters. The zero-order valence-electron chi connectivity index (χ0n) is 16.2. The van der Waals surface area contributed by atoms with Crippen LogP contribution in [0.5, 0.6) is 5.75 Å². The fourth-order valence-corrected chi connectivity index (χ4v) is 3.06. The SMILES string of the molecule is CCCCCCc1cc(C(C)(C)C)cc(CCCCCC)c1O. The second-order valence-corrected chi connectivity index (χ2v) is 8.01. The first-order valence-corrected chi connectivity index (χ1v) is 9.75. The molecule has 0 aliphatic heterocycles. The summed E-state index contributed by atoms with van der Waals surface area (Å²) >= 11 is 0. The van der Waals surface area contributed by atoms with Crippen LogP contribution in [0.3, 0.4) is 0 Å². The molecule has 0 bridgehead atoms. The van der Waals surface area contributed by atoms with E-state index in [2.05, 4.69) is 46.8 Å². The summed E-state index contributed by atoms with van der Waals surface area (Å²) in [4.78, 5) is 0. The molecule has 132 valence electrons. The molecule has 0 amide bonds. The number of hydrogen-bond acceptors (Lipinski definition) is 1. The molecule has 23 heavy (non-hydrogen) atoms. The summed E-state index contributed by atoms with van der Waals surface area (Å²) in [6.45, 7) is 11.3. The summed E-state index contributed by atoms with van der Waals surface area (Å²) in [5, 5.41) is 10.7. The summed E-state index contributed by atoms with van der Waals surface area (Å²) in [5.41, 5.74) is 3.84. The van der Waals surface area contributed by atoms with E-state index >= 15 is 0 Å². The van der Waals surface area contributed by atoms with Gasteiger partial charge in [-0.25, -0.2) is 0 Å². The van der Waals surface area contributed by atoms with Crippen LogP contribution in [-0.4, -0.2) is 5.11 Å². The van der Waals surface area contributed by atoms with Crippen molar-refractivity contribution < 1.29 is 5.11 Å². The predicted octanol–water partition coefficient (Wildman–Crippen LogP) is 6.94. The second-order valence-electron chi connectivity index (χ2n) is 8.01. The Bertz CT molecular complexity index is 421. The first-order valence-electron chi connectivity index (χ1n) is 9.75. The topological polar surface area (TPSA) is 20.2 Å². The lowest BCUT2D eigenvalue weighted by Gasteiger charge is -2.22. The van der Waals surface area contributed by atoms with Gasteiger partial charge in [0, 0.05) is 0 Å². The number of unbranched alkanes of at least 4 members (excludes halogenated alkanes) is 6. The number of phenolic OH excluding ortho intramolecular Hbond substituents is 1. The van der Waals surface area contributed by atoms with Crippen molar-refractivity contribution in [1.29, 1.82) is 0 Å². The molecule has 0 aromatic heterocycles. The van der Waals surface area contributed by atoms with Gasteiger partial charge in [-0.2, -0.15) is 0 Å². The third-order valence-electron chi connectivity index (χ3n) is 4.73. The van der Waals surface area contributed by atoms with Gasteiger partial charge in [0.05, 0.1) is 0 Å². The first kappa shape index (κ1) is 20.1. The van der Waals surface area contributed by atoms with Crippen LogP contribution in [0.2, 0.25) is 0 Å². The summed E-state index contributed by atoms with van der Waals surface area (Å²) in [6, 6.07) is 4.49. The standard InChI is InChI=1S/C22H38O/c1-6-8-10-12-14-18-16-20(22(3,4)5)17-19(21(18)23)15-13-11-9-7-2/h16-17,23H,6-15H2,1-5H3. The van der Waals surface area contributed by atoms with Gasteiger partial charge in [-0.3, -0.25) is 0 Å². The maximum Gasteiger partial charge on any atom is 0.121 e. The Morgan fingerprint density at radius 2 is 1.17 bits per heavy atom. The highest BCUT2D eigenvalue weighted by atomic mass is 16.3. The van der Waals surface area contributed by atoms with Crippen LogP contribution in [0.15, 0.2) is 12.1 Å². The Hall–Kier alpha value is -0.980. The zero-order chi connectivity index (χ0) is 17.3. The van der Waals surface area contributed by atoms with Crippen molar-refractivity contribution in [3.05, 3.63) is 28.8 Å². The van der Waals surface area contributed by atoms with Crippen LogP contribution >= 0.6 is 0 Å². The van der Waals surface area contributed by atoms with E-state index in [1.54, 1.807) is 0 Å². The van der Waals surface area contributed by atoms with Gasteiger partial charge < -0.3 is 5.11 Å². The highest BCUT2D eigenvalue weighted by Crippen LogP contribution is 2.33.